The highest BCUT2D eigenvalue weighted by molar-refractivity contribution is 5.99. The van der Waals surface area contributed by atoms with Crippen LogP contribution >= 0.6 is 0 Å². The van der Waals surface area contributed by atoms with Gasteiger partial charge in [0, 0.05) is 25.6 Å². The topological polar surface area (TPSA) is 110 Å². The highest BCUT2D eigenvalue weighted by Gasteiger charge is 2.29. The molecule has 0 radical (unpaired) electrons. The average molecular weight is 558 g/mol. The van der Waals surface area contributed by atoms with Gasteiger partial charge in [-0.3, -0.25) is 14.4 Å². The Morgan fingerprint density at radius 2 is 1.55 bits per heavy atom. The van der Waals surface area contributed by atoms with E-state index in [1.54, 1.807) is 6.92 Å². The van der Waals surface area contributed by atoms with E-state index >= 15 is 0 Å². The molecule has 212 valence electrons. The predicted octanol–water partition coefficient (Wildman–Crippen LogP) is 5.23. The summed E-state index contributed by atoms with van der Waals surface area (Å²) in [6, 6.07) is 12.2. The predicted molar refractivity (Wildman–Crippen MR) is 138 cm³/mol. The van der Waals surface area contributed by atoms with E-state index in [0.29, 0.717) is 11.3 Å². The van der Waals surface area contributed by atoms with Gasteiger partial charge in [-0.2, -0.15) is 0 Å². The third-order valence-corrected chi connectivity index (χ3v) is 5.72. The molecule has 0 saturated carbocycles. The van der Waals surface area contributed by atoms with Crippen LogP contribution in [-0.2, 0) is 19.1 Å². The normalized spacial score (nSPS) is 12.9. The van der Waals surface area contributed by atoms with Crippen LogP contribution in [0, 0.1) is 17.6 Å². The van der Waals surface area contributed by atoms with Gasteiger partial charge in [0.15, 0.2) is 29.1 Å². The first-order chi connectivity index (χ1) is 19.1. The number of hydrogen-bond acceptors (Lipinski definition) is 9. The minimum absolute atomic E-state index is 0.0331. The molecule has 0 spiro atoms. The maximum atomic E-state index is 13.5. The summed E-state index contributed by atoms with van der Waals surface area (Å²) in [6.45, 7) is 3.84. The molecule has 0 aliphatic rings. The lowest BCUT2D eigenvalue weighted by Gasteiger charge is -2.26. The minimum atomic E-state index is -0.899. The van der Waals surface area contributed by atoms with Gasteiger partial charge in [-0.1, -0.05) is 19.1 Å². The van der Waals surface area contributed by atoms with E-state index in [9.17, 15) is 23.2 Å². The van der Waals surface area contributed by atoms with Crippen molar-refractivity contribution in [1.82, 2.24) is 4.98 Å². The summed E-state index contributed by atoms with van der Waals surface area (Å²) in [5.41, 5.74) is 0.410. The summed E-state index contributed by atoms with van der Waals surface area (Å²) in [5, 5.41) is 0. The Hall–Kier alpha value is -4.54. The Kier molecular flexibility index (Phi) is 10.5. The molecule has 0 aliphatic carbocycles. The second-order valence-electron chi connectivity index (χ2n) is 8.80. The molecule has 0 aliphatic heterocycles. The molecule has 0 bridgehead atoms. The van der Waals surface area contributed by atoms with Crippen LogP contribution in [0.1, 0.15) is 49.3 Å². The molecule has 3 rings (SSSR count). The standard InChI is InChI=1S/C29H29F2NO8/c1-17(15-24(34)26-28(38-16-37-19(3)33)25(36-4)13-14-32-26)29(35)39-18(2)27(20-5-7-21(30)8-6-20)40-23-11-9-22(31)10-12-23/h5-14,17-18,27H,15-16H2,1-4H3/t17-,18+,27?/m1/s1. The smallest absolute Gasteiger partial charge is 0.309 e. The van der Waals surface area contributed by atoms with Crippen molar-refractivity contribution < 1.29 is 46.8 Å². The van der Waals surface area contributed by atoms with E-state index in [4.69, 9.17) is 23.7 Å². The Balaban J connectivity index is 1.73. The summed E-state index contributed by atoms with van der Waals surface area (Å²) in [4.78, 5) is 41.2. The molecule has 11 heteroatoms. The van der Waals surface area contributed by atoms with Crippen LogP contribution in [0.3, 0.4) is 0 Å². The zero-order valence-corrected chi connectivity index (χ0v) is 22.4. The van der Waals surface area contributed by atoms with E-state index in [1.807, 2.05) is 0 Å². The first-order valence-electron chi connectivity index (χ1n) is 12.3. The van der Waals surface area contributed by atoms with Gasteiger partial charge >= 0.3 is 11.9 Å². The molecular weight excluding hydrogens is 528 g/mol. The van der Waals surface area contributed by atoms with Crippen molar-refractivity contribution in [3.05, 3.63) is 83.7 Å². The SMILES string of the molecule is COc1ccnc(C(=O)C[C@@H](C)C(=O)O[C@@H](C)C(Oc2ccc(F)cc2)c2ccc(F)cc2)c1OCOC(C)=O. The molecule has 1 heterocycles. The van der Waals surface area contributed by atoms with E-state index in [0.717, 1.165) is 0 Å². The Labute approximate surface area is 230 Å². The molecule has 0 fully saturated rings. The maximum Gasteiger partial charge on any atom is 0.309 e. The second-order valence-corrected chi connectivity index (χ2v) is 8.80. The lowest BCUT2D eigenvalue weighted by atomic mass is 10.0. The molecule has 0 saturated heterocycles. The molecule has 0 amide bonds. The number of carbonyl (C=O) groups is 3. The number of methoxy groups -OCH3 is 1. The number of halogens is 2. The molecule has 9 nitrogen and oxygen atoms in total. The van der Waals surface area contributed by atoms with Crippen LogP contribution < -0.4 is 14.2 Å². The van der Waals surface area contributed by atoms with Gasteiger partial charge in [0.05, 0.1) is 13.0 Å². The summed E-state index contributed by atoms with van der Waals surface area (Å²) >= 11 is 0. The number of ether oxygens (including phenoxy) is 5. The fourth-order valence-electron chi connectivity index (χ4n) is 3.67. The number of aromatic nitrogens is 1. The van der Waals surface area contributed by atoms with E-state index in [-0.39, 0.29) is 23.6 Å². The molecule has 40 heavy (non-hydrogen) atoms. The number of ketones is 1. The number of nitrogens with zero attached hydrogens (tertiary/aromatic N) is 1. The monoisotopic (exact) mass is 557 g/mol. The summed E-state index contributed by atoms with van der Waals surface area (Å²) in [7, 11) is 1.37. The number of Topliss-reactive ketones (excluding diaryl/α,β-unsaturated/α-hetero) is 1. The van der Waals surface area contributed by atoms with Crippen molar-refractivity contribution in [2.45, 2.75) is 39.4 Å². The number of pyridine rings is 1. The number of esters is 2. The quantitative estimate of drug-likeness (QED) is 0.159. The van der Waals surface area contributed by atoms with Crippen molar-refractivity contribution in [1.29, 1.82) is 0 Å². The highest BCUT2D eigenvalue weighted by Crippen LogP contribution is 2.32. The number of carbonyl (C=O) groups excluding carboxylic acids is 3. The van der Waals surface area contributed by atoms with Gasteiger partial charge in [-0.15, -0.1) is 0 Å². The van der Waals surface area contributed by atoms with Gasteiger partial charge in [-0.05, 0) is 48.9 Å². The average Bonchev–Trinajstić information content (AvgIpc) is 2.93. The Morgan fingerprint density at radius 3 is 2.15 bits per heavy atom. The summed E-state index contributed by atoms with van der Waals surface area (Å²) < 4.78 is 53.9. The number of rotatable bonds is 13. The summed E-state index contributed by atoms with van der Waals surface area (Å²) in [6.07, 6.45) is -0.677. The van der Waals surface area contributed by atoms with Crippen molar-refractivity contribution in [3.63, 3.8) is 0 Å². The van der Waals surface area contributed by atoms with Crippen molar-refractivity contribution in [2.75, 3.05) is 13.9 Å². The molecule has 3 aromatic rings. The zero-order valence-electron chi connectivity index (χ0n) is 22.4. The Morgan fingerprint density at radius 1 is 0.925 bits per heavy atom. The summed E-state index contributed by atoms with van der Waals surface area (Å²) in [5.74, 6) is -3.14. The number of hydrogen-bond donors (Lipinski definition) is 0. The molecule has 1 aromatic heterocycles. The first kappa shape index (κ1) is 30.0. The van der Waals surface area contributed by atoms with Crippen LogP contribution in [0.4, 0.5) is 8.78 Å². The van der Waals surface area contributed by atoms with Gasteiger partial charge in [-0.25, -0.2) is 13.8 Å². The first-order valence-corrected chi connectivity index (χ1v) is 12.3. The van der Waals surface area contributed by atoms with E-state index < -0.39 is 54.3 Å². The van der Waals surface area contributed by atoms with Crippen molar-refractivity contribution in [3.8, 4) is 17.2 Å². The van der Waals surface area contributed by atoms with Crippen LogP contribution in [0.15, 0.2) is 60.8 Å². The molecular formula is C29H29F2NO8. The third-order valence-electron chi connectivity index (χ3n) is 5.72. The lowest BCUT2D eigenvalue weighted by Crippen LogP contribution is -2.30. The largest absolute Gasteiger partial charge is 0.493 e. The van der Waals surface area contributed by atoms with Crippen molar-refractivity contribution >= 4 is 17.7 Å². The van der Waals surface area contributed by atoms with Gasteiger partial charge in [0.25, 0.3) is 0 Å². The lowest BCUT2D eigenvalue weighted by molar-refractivity contribution is -0.157. The zero-order chi connectivity index (χ0) is 29.2. The Bertz CT molecular complexity index is 1310. The van der Waals surface area contributed by atoms with Crippen LogP contribution in [-0.4, -0.2) is 42.7 Å². The van der Waals surface area contributed by atoms with E-state index in [1.165, 1.54) is 81.8 Å². The van der Waals surface area contributed by atoms with Crippen LogP contribution in [0.2, 0.25) is 0 Å². The molecule has 2 aromatic carbocycles. The fourth-order valence-corrected chi connectivity index (χ4v) is 3.67. The van der Waals surface area contributed by atoms with Crippen LogP contribution in [0.25, 0.3) is 0 Å². The second kappa shape index (κ2) is 14.0. The highest BCUT2D eigenvalue weighted by atomic mass is 19.1. The van der Waals surface area contributed by atoms with Crippen LogP contribution in [0.5, 0.6) is 17.2 Å². The van der Waals surface area contributed by atoms with Gasteiger partial charge in [0.1, 0.15) is 23.5 Å². The third kappa shape index (κ3) is 8.23. The maximum absolute atomic E-state index is 13.5. The fraction of sp³-hybridized carbons (Fsp3) is 0.310. The van der Waals surface area contributed by atoms with E-state index in [2.05, 4.69) is 4.98 Å². The van der Waals surface area contributed by atoms with Gasteiger partial charge < -0.3 is 23.7 Å². The minimum Gasteiger partial charge on any atom is -0.493 e. The van der Waals surface area contributed by atoms with Gasteiger partial charge in [0.2, 0.25) is 6.79 Å². The van der Waals surface area contributed by atoms with Crippen molar-refractivity contribution in [2.24, 2.45) is 5.92 Å². The molecule has 0 N–H and O–H groups in total. The number of benzene rings is 2. The molecule has 3 atom stereocenters. The molecule has 1 unspecified atom stereocenters.